The number of hydrogen-bond acceptors (Lipinski definition) is 5. The van der Waals surface area contributed by atoms with Crippen LogP contribution in [0.2, 0.25) is 10.0 Å². The Labute approximate surface area is 245 Å². The zero-order valence-electron chi connectivity index (χ0n) is 21.4. The molecule has 4 amide bonds. The van der Waals surface area contributed by atoms with Crippen LogP contribution in [0.1, 0.15) is 24.8 Å². The predicted molar refractivity (Wildman–Crippen MR) is 158 cm³/mol. The quantitative estimate of drug-likeness (QED) is 0.249. The fraction of sp³-hybridized carbons (Fsp3) is 0.286. The first-order valence-corrected chi connectivity index (χ1v) is 14.3. The minimum absolute atomic E-state index is 0.136. The number of amides is 4. The lowest BCUT2D eigenvalue weighted by atomic mass is 10.0. The maximum Gasteiger partial charge on any atom is 0.319 e. The molecule has 210 valence electrons. The molecule has 12 heteroatoms. The Kier molecular flexibility index (Phi) is 10.0. The van der Waals surface area contributed by atoms with Crippen LogP contribution in [0.25, 0.3) is 16.2 Å². The van der Waals surface area contributed by atoms with Gasteiger partial charge >= 0.3 is 12.0 Å². The monoisotopic (exact) mass is 602 g/mol. The number of urea groups is 1. The number of hydrogen-bond donors (Lipinski definition) is 4. The molecule has 9 nitrogen and oxygen atoms in total. The SMILES string of the molecule is O=C(O)CC(CNC(=O)Nc1ccccc1)C(=O)NC1CCN(C(=O)/C=C/c2cc3ccsc3c(Cl)c2Cl)CC1. The van der Waals surface area contributed by atoms with Gasteiger partial charge in [0.25, 0.3) is 0 Å². The van der Waals surface area contributed by atoms with Crippen LogP contribution in [0, 0.1) is 5.92 Å². The van der Waals surface area contributed by atoms with E-state index in [9.17, 15) is 24.3 Å². The average Bonchev–Trinajstić information content (AvgIpc) is 3.41. The van der Waals surface area contributed by atoms with Gasteiger partial charge in [0.2, 0.25) is 11.8 Å². The molecule has 4 rings (SSSR count). The number of nitrogens with one attached hydrogen (secondary N) is 3. The van der Waals surface area contributed by atoms with Gasteiger partial charge in [0.05, 0.1) is 27.1 Å². The molecule has 0 aliphatic carbocycles. The number of rotatable bonds is 9. The Balaban J connectivity index is 1.27. The highest BCUT2D eigenvalue weighted by Crippen LogP contribution is 2.37. The van der Waals surface area contributed by atoms with Gasteiger partial charge in [-0.05, 0) is 59.5 Å². The number of piperidine rings is 1. The summed E-state index contributed by atoms with van der Waals surface area (Å²) in [6.07, 6.45) is 3.72. The van der Waals surface area contributed by atoms with E-state index in [2.05, 4.69) is 16.0 Å². The van der Waals surface area contributed by atoms with E-state index in [-0.39, 0.29) is 18.5 Å². The van der Waals surface area contributed by atoms with Crippen LogP contribution in [0.15, 0.2) is 53.9 Å². The fourth-order valence-electron chi connectivity index (χ4n) is 4.40. The van der Waals surface area contributed by atoms with Crippen molar-refractivity contribution in [1.82, 2.24) is 15.5 Å². The molecule has 0 spiro atoms. The number of thiophene rings is 1. The number of anilines is 1. The number of likely N-dealkylation sites (tertiary alicyclic amines) is 1. The van der Waals surface area contributed by atoms with Gasteiger partial charge in [-0.3, -0.25) is 14.4 Å². The van der Waals surface area contributed by atoms with Gasteiger partial charge in [-0.1, -0.05) is 41.4 Å². The molecule has 4 N–H and O–H groups in total. The van der Waals surface area contributed by atoms with Crippen LogP contribution in [-0.4, -0.2) is 59.5 Å². The van der Waals surface area contributed by atoms with E-state index in [1.165, 1.54) is 17.4 Å². The van der Waals surface area contributed by atoms with Crippen LogP contribution < -0.4 is 16.0 Å². The summed E-state index contributed by atoms with van der Waals surface area (Å²) in [6, 6.07) is 11.8. The molecule has 0 radical (unpaired) electrons. The lowest BCUT2D eigenvalue weighted by Gasteiger charge is -2.32. The van der Waals surface area contributed by atoms with Gasteiger partial charge in [-0.15, -0.1) is 11.3 Å². The molecule has 1 aliphatic heterocycles. The predicted octanol–water partition coefficient (Wildman–Crippen LogP) is 5.24. The maximum absolute atomic E-state index is 12.9. The number of aliphatic carboxylic acids is 1. The normalized spacial score (nSPS) is 14.7. The minimum Gasteiger partial charge on any atom is -0.481 e. The van der Waals surface area contributed by atoms with Gasteiger partial charge in [0, 0.05) is 37.4 Å². The lowest BCUT2D eigenvalue weighted by Crippen LogP contribution is -2.49. The van der Waals surface area contributed by atoms with Crippen molar-refractivity contribution in [2.45, 2.75) is 25.3 Å². The number of carbonyl (C=O) groups is 4. The molecule has 1 unspecified atom stereocenters. The van der Waals surface area contributed by atoms with Crippen LogP contribution in [0.3, 0.4) is 0 Å². The highest BCUT2D eigenvalue weighted by atomic mass is 35.5. The van der Waals surface area contributed by atoms with E-state index in [0.29, 0.717) is 47.2 Å². The van der Waals surface area contributed by atoms with Gasteiger partial charge in [0.1, 0.15) is 0 Å². The standard InChI is InChI=1S/C28H28Cl2N4O5S/c29-24-17(14-18-10-13-40-26(18)25(24)30)6-7-22(35)34-11-8-21(9-12-34)32-27(38)19(15-23(36)37)16-31-28(39)33-20-4-2-1-3-5-20/h1-7,10,13-14,19,21H,8-9,11-12,15-16H2,(H,32,38)(H,36,37)(H2,31,33,39)/b7-6+. The van der Waals surface area contributed by atoms with Crippen LogP contribution in [-0.2, 0) is 14.4 Å². The van der Waals surface area contributed by atoms with Gasteiger partial charge in [-0.25, -0.2) is 4.79 Å². The molecule has 1 atom stereocenters. The molecule has 2 heterocycles. The van der Waals surface area contributed by atoms with Gasteiger partial charge < -0.3 is 26.0 Å². The number of fused-ring (bicyclic) bond motifs is 1. The minimum atomic E-state index is -1.14. The Morgan fingerprint density at radius 1 is 1.07 bits per heavy atom. The third kappa shape index (κ3) is 7.74. The van der Waals surface area contributed by atoms with Crippen LogP contribution in [0.5, 0.6) is 0 Å². The topological polar surface area (TPSA) is 128 Å². The Morgan fingerprint density at radius 2 is 1.80 bits per heavy atom. The molecule has 40 heavy (non-hydrogen) atoms. The zero-order valence-corrected chi connectivity index (χ0v) is 23.7. The molecule has 0 saturated carbocycles. The van der Waals surface area contributed by atoms with Crippen molar-refractivity contribution in [2.75, 3.05) is 25.0 Å². The molecule has 2 aromatic carbocycles. The number of nitrogens with zero attached hydrogens (tertiary/aromatic N) is 1. The summed E-state index contributed by atoms with van der Waals surface area (Å²) < 4.78 is 0.899. The van der Waals surface area contributed by atoms with Gasteiger partial charge in [0.15, 0.2) is 0 Å². The second-order valence-corrected chi connectivity index (χ2v) is 11.0. The summed E-state index contributed by atoms with van der Waals surface area (Å²) in [5, 5.41) is 21.1. The second kappa shape index (κ2) is 13.6. The van der Waals surface area contributed by atoms with Crippen molar-refractivity contribution in [1.29, 1.82) is 0 Å². The Morgan fingerprint density at radius 3 is 2.50 bits per heavy atom. The van der Waals surface area contributed by atoms with E-state index in [4.69, 9.17) is 23.2 Å². The largest absolute Gasteiger partial charge is 0.481 e. The first kappa shape index (κ1) is 29.4. The number of carboxylic acids is 1. The third-order valence-corrected chi connectivity index (χ3v) is 8.48. The van der Waals surface area contributed by atoms with Crippen LogP contribution in [0.4, 0.5) is 10.5 Å². The van der Waals surface area contributed by atoms with E-state index in [1.54, 1.807) is 35.2 Å². The Hall–Kier alpha value is -3.60. The molecule has 0 bridgehead atoms. The number of carbonyl (C=O) groups excluding carboxylic acids is 3. The van der Waals surface area contributed by atoms with E-state index in [0.717, 1.165) is 10.1 Å². The number of para-hydroxylation sites is 1. The summed E-state index contributed by atoms with van der Waals surface area (Å²) in [5.41, 5.74) is 1.23. The number of carboxylic acid groups (broad SMARTS) is 1. The maximum atomic E-state index is 12.9. The van der Waals surface area contributed by atoms with E-state index in [1.807, 2.05) is 23.6 Å². The summed E-state index contributed by atoms with van der Waals surface area (Å²) in [6.45, 7) is 0.712. The van der Waals surface area contributed by atoms with Crippen molar-refractivity contribution in [3.8, 4) is 0 Å². The summed E-state index contributed by atoms with van der Waals surface area (Å²) in [5.74, 6) is -2.72. The number of benzene rings is 2. The van der Waals surface area contributed by atoms with Crippen LogP contribution >= 0.6 is 34.5 Å². The zero-order chi connectivity index (χ0) is 28.6. The van der Waals surface area contributed by atoms with Crippen molar-refractivity contribution in [3.05, 3.63) is 69.5 Å². The fourth-order valence-corrected chi connectivity index (χ4v) is 5.84. The van der Waals surface area contributed by atoms with E-state index >= 15 is 0 Å². The van der Waals surface area contributed by atoms with E-state index < -0.39 is 30.2 Å². The first-order valence-electron chi connectivity index (χ1n) is 12.7. The highest BCUT2D eigenvalue weighted by Gasteiger charge is 2.27. The molecule has 1 aliphatic rings. The first-order chi connectivity index (χ1) is 19.2. The van der Waals surface area contributed by atoms with Crippen molar-refractivity contribution < 1.29 is 24.3 Å². The molecular weight excluding hydrogens is 575 g/mol. The van der Waals surface area contributed by atoms with Crippen molar-refractivity contribution in [3.63, 3.8) is 0 Å². The summed E-state index contributed by atoms with van der Waals surface area (Å²) >= 11 is 14.3. The average molecular weight is 604 g/mol. The van der Waals surface area contributed by atoms with Crippen molar-refractivity contribution in [2.24, 2.45) is 5.92 Å². The van der Waals surface area contributed by atoms with Gasteiger partial charge in [-0.2, -0.15) is 0 Å². The highest BCUT2D eigenvalue weighted by molar-refractivity contribution is 7.18. The molecule has 1 fully saturated rings. The summed E-state index contributed by atoms with van der Waals surface area (Å²) in [7, 11) is 0. The molecule has 3 aromatic rings. The lowest BCUT2D eigenvalue weighted by molar-refractivity contribution is -0.141. The smallest absolute Gasteiger partial charge is 0.319 e. The molecule has 1 saturated heterocycles. The Bertz CT molecular complexity index is 1420. The molecule has 1 aromatic heterocycles. The molecular formula is C28H28Cl2N4O5S. The van der Waals surface area contributed by atoms with Crippen molar-refractivity contribution >= 4 is 80.2 Å². The summed E-state index contributed by atoms with van der Waals surface area (Å²) in [4.78, 5) is 50.9. The number of halogens is 2. The second-order valence-electron chi connectivity index (χ2n) is 9.37. The third-order valence-electron chi connectivity index (χ3n) is 6.54.